The van der Waals surface area contributed by atoms with Gasteiger partial charge < -0.3 is 9.80 Å². The van der Waals surface area contributed by atoms with E-state index in [-0.39, 0.29) is 24.4 Å². The highest BCUT2D eigenvalue weighted by atomic mass is 19.3. The molecule has 2 aliphatic rings. The van der Waals surface area contributed by atoms with Crippen molar-refractivity contribution in [3.8, 4) is 0 Å². The lowest BCUT2D eigenvalue weighted by molar-refractivity contribution is -0.172. The molecule has 0 spiro atoms. The Bertz CT molecular complexity index is 625. The molecule has 1 aliphatic carbocycles. The van der Waals surface area contributed by atoms with Gasteiger partial charge in [-0.2, -0.15) is 0 Å². The van der Waals surface area contributed by atoms with Crippen molar-refractivity contribution in [2.45, 2.75) is 37.1 Å². The summed E-state index contributed by atoms with van der Waals surface area (Å²) in [5.41, 5.74) is -0.601. The molecule has 124 valence electrons. The average Bonchev–Trinajstić information content (AvgIpc) is 2.49. The van der Waals surface area contributed by atoms with Crippen molar-refractivity contribution in [3.63, 3.8) is 0 Å². The van der Waals surface area contributed by atoms with Crippen molar-refractivity contribution in [2.75, 3.05) is 20.1 Å². The topological polar surface area (TPSA) is 40.6 Å². The number of hydrogen-bond acceptors (Lipinski definition) is 2. The van der Waals surface area contributed by atoms with E-state index < -0.39 is 24.2 Å². The molecule has 1 atom stereocenters. The number of benzene rings is 1. The second-order valence-electron chi connectivity index (χ2n) is 6.70. The van der Waals surface area contributed by atoms with Crippen molar-refractivity contribution >= 4 is 11.8 Å². The summed E-state index contributed by atoms with van der Waals surface area (Å²) in [7, 11) is 1.69. The zero-order chi connectivity index (χ0) is 16.8. The molecule has 23 heavy (non-hydrogen) atoms. The molecule has 1 aromatic carbocycles. The third kappa shape index (κ3) is 2.60. The quantitative estimate of drug-likeness (QED) is 0.836. The Morgan fingerprint density at radius 2 is 1.83 bits per heavy atom. The van der Waals surface area contributed by atoms with Crippen LogP contribution in [0.2, 0.25) is 0 Å². The van der Waals surface area contributed by atoms with Crippen LogP contribution in [-0.2, 0) is 15.0 Å². The first-order valence-electron chi connectivity index (χ1n) is 7.74. The molecule has 0 radical (unpaired) electrons. The number of amides is 2. The van der Waals surface area contributed by atoms with Crippen molar-refractivity contribution in [1.82, 2.24) is 9.80 Å². The van der Waals surface area contributed by atoms with E-state index in [2.05, 4.69) is 0 Å². The summed E-state index contributed by atoms with van der Waals surface area (Å²) < 4.78 is 27.2. The molecule has 3 rings (SSSR count). The van der Waals surface area contributed by atoms with Crippen LogP contribution in [0.5, 0.6) is 0 Å². The van der Waals surface area contributed by atoms with E-state index in [1.165, 1.54) is 4.90 Å². The molecular formula is C17H20F2N2O2. The van der Waals surface area contributed by atoms with Crippen LogP contribution in [0.4, 0.5) is 8.78 Å². The lowest BCUT2D eigenvalue weighted by Crippen LogP contribution is -2.63. The summed E-state index contributed by atoms with van der Waals surface area (Å²) in [6, 6.07) is 8.61. The molecule has 1 saturated carbocycles. The molecule has 1 saturated heterocycles. The van der Waals surface area contributed by atoms with Crippen molar-refractivity contribution in [2.24, 2.45) is 0 Å². The minimum absolute atomic E-state index is 0.0418. The minimum atomic E-state index is -2.83. The number of carbonyl (C=O) groups excluding carboxylic acids is 2. The Balaban J connectivity index is 1.90. The molecule has 1 unspecified atom stereocenters. The van der Waals surface area contributed by atoms with Gasteiger partial charge in [-0.1, -0.05) is 30.3 Å². The summed E-state index contributed by atoms with van der Waals surface area (Å²) in [6.07, 6.45) is -0.977. The number of nitrogens with zero attached hydrogens (tertiary/aromatic N) is 2. The number of carbonyl (C=O) groups is 2. The van der Waals surface area contributed by atoms with Crippen molar-refractivity contribution in [1.29, 1.82) is 0 Å². The van der Waals surface area contributed by atoms with Crippen LogP contribution in [-0.4, -0.2) is 53.7 Å². The van der Waals surface area contributed by atoms with Crippen LogP contribution in [0.25, 0.3) is 0 Å². The number of hydrogen-bond donors (Lipinski definition) is 0. The van der Waals surface area contributed by atoms with Gasteiger partial charge in [-0.15, -0.1) is 0 Å². The van der Waals surface area contributed by atoms with Crippen molar-refractivity contribution in [3.05, 3.63) is 35.9 Å². The molecular weight excluding hydrogens is 302 g/mol. The molecule has 1 heterocycles. The summed E-state index contributed by atoms with van der Waals surface area (Å²) in [6.45, 7) is 2.18. The van der Waals surface area contributed by atoms with Gasteiger partial charge in [0.05, 0.1) is 12.0 Å². The number of rotatable bonds is 2. The van der Waals surface area contributed by atoms with Crippen LogP contribution >= 0.6 is 0 Å². The Labute approximate surface area is 134 Å². The number of likely N-dealkylation sites (N-methyl/N-ethyl adjacent to an activating group) is 1. The standard InChI is InChI=1S/C17H20F2N2O2/c1-12-8-21(9-14(22)20(12)2)15(23)16(10-17(18,19)11-16)13-6-4-3-5-7-13/h3-7,12H,8-11H2,1-2H3. The fraction of sp³-hybridized carbons (Fsp3) is 0.529. The largest absolute Gasteiger partial charge is 0.340 e. The van der Waals surface area contributed by atoms with Gasteiger partial charge in [-0.05, 0) is 12.5 Å². The molecule has 2 amide bonds. The second kappa shape index (κ2) is 5.28. The molecule has 2 fully saturated rings. The first-order valence-corrected chi connectivity index (χ1v) is 7.74. The second-order valence-corrected chi connectivity index (χ2v) is 6.70. The Kier molecular flexibility index (Phi) is 3.65. The van der Waals surface area contributed by atoms with Crippen molar-refractivity contribution < 1.29 is 18.4 Å². The third-order valence-electron chi connectivity index (χ3n) is 5.01. The van der Waals surface area contributed by atoms with Gasteiger partial charge in [-0.25, -0.2) is 8.78 Å². The maximum absolute atomic E-state index is 13.6. The average molecular weight is 322 g/mol. The van der Waals surface area contributed by atoms with Gasteiger partial charge in [0.2, 0.25) is 11.8 Å². The zero-order valence-electron chi connectivity index (χ0n) is 13.3. The summed E-state index contributed by atoms with van der Waals surface area (Å²) in [4.78, 5) is 28.0. The first kappa shape index (κ1) is 15.9. The molecule has 0 N–H and O–H groups in total. The SMILES string of the molecule is CC1CN(C(=O)C2(c3ccccc3)CC(F)(F)C2)CC(=O)N1C. The van der Waals surface area contributed by atoms with E-state index in [1.54, 1.807) is 42.3 Å². The maximum Gasteiger partial charge on any atom is 0.250 e. The summed E-state index contributed by atoms with van der Waals surface area (Å²) >= 11 is 0. The first-order chi connectivity index (χ1) is 10.8. The van der Waals surface area contributed by atoms with Gasteiger partial charge in [0.25, 0.3) is 5.92 Å². The van der Waals surface area contributed by atoms with Gasteiger partial charge >= 0.3 is 0 Å². The lowest BCUT2D eigenvalue weighted by Gasteiger charge is -2.50. The molecule has 1 aliphatic heterocycles. The van der Waals surface area contributed by atoms with Crippen LogP contribution < -0.4 is 0 Å². The van der Waals surface area contributed by atoms with Crippen LogP contribution in [0.1, 0.15) is 25.3 Å². The summed E-state index contributed by atoms with van der Waals surface area (Å²) in [5, 5.41) is 0. The molecule has 6 heteroatoms. The number of halogens is 2. The predicted octanol–water partition coefficient (Wildman–Crippen LogP) is 2.04. The molecule has 4 nitrogen and oxygen atoms in total. The minimum Gasteiger partial charge on any atom is -0.340 e. The van der Waals surface area contributed by atoms with Gasteiger partial charge in [0, 0.05) is 32.5 Å². The smallest absolute Gasteiger partial charge is 0.250 e. The van der Waals surface area contributed by atoms with E-state index in [0.717, 1.165) is 0 Å². The van der Waals surface area contributed by atoms with E-state index in [4.69, 9.17) is 0 Å². The van der Waals surface area contributed by atoms with Gasteiger partial charge in [-0.3, -0.25) is 9.59 Å². The fourth-order valence-electron chi connectivity index (χ4n) is 3.55. The van der Waals surface area contributed by atoms with E-state index in [9.17, 15) is 18.4 Å². The number of piperazine rings is 1. The summed E-state index contributed by atoms with van der Waals surface area (Å²) in [5.74, 6) is -3.34. The predicted molar refractivity (Wildman–Crippen MR) is 81.1 cm³/mol. The van der Waals surface area contributed by atoms with Gasteiger partial charge in [0.15, 0.2) is 0 Å². The fourth-order valence-corrected chi connectivity index (χ4v) is 3.55. The van der Waals surface area contributed by atoms with Crippen LogP contribution in [0, 0.1) is 0 Å². The monoisotopic (exact) mass is 322 g/mol. The van der Waals surface area contributed by atoms with E-state index >= 15 is 0 Å². The third-order valence-corrected chi connectivity index (χ3v) is 5.01. The highest BCUT2D eigenvalue weighted by Crippen LogP contribution is 2.54. The maximum atomic E-state index is 13.6. The van der Waals surface area contributed by atoms with Crippen LogP contribution in [0.15, 0.2) is 30.3 Å². The lowest BCUT2D eigenvalue weighted by atomic mass is 9.61. The normalized spacial score (nSPS) is 25.9. The van der Waals surface area contributed by atoms with E-state index in [1.807, 2.05) is 6.92 Å². The molecule has 0 bridgehead atoms. The Hall–Kier alpha value is -1.98. The highest BCUT2D eigenvalue weighted by Gasteiger charge is 2.62. The van der Waals surface area contributed by atoms with Crippen LogP contribution in [0.3, 0.4) is 0 Å². The highest BCUT2D eigenvalue weighted by molar-refractivity contribution is 5.93. The number of alkyl halides is 2. The zero-order valence-corrected chi connectivity index (χ0v) is 13.3. The van der Waals surface area contributed by atoms with Gasteiger partial charge in [0.1, 0.15) is 0 Å². The molecule has 0 aromatic heterocycles. The Morgan fingerprint density at radius 3 is 2.35 bits per heavy atom. The Morgan fingerprint density at radius 1 is 1.22 bits per heavy atom. The molecule has 1 aromatic rings. The van der Waals surface area contributed by atoms with E-state index in [0.29, 0.717) is 12.1 Å².